The first-order valence-corrected chi connectivity index (χ1v) is 6.48. The number of anilines is 1. The summed E-state index contributed by atoms with van der Waals surface area (Å²) >= 11 is 0. The van der Waals surface area contributed by atoms with Gasteiger partial charge in [0.05, 0.1) is 6.42 Å². The summed E-state index contributed by atoms with van der Waals surface area (Å²) in [5.41, 5.74) is -0.677. The zero-order valence-electron chi connectivity index (χ0n) is 11.8. The molecular formula is C14H10F5N3O2. The Morgan fingerprint density at radius 3 is 2.25 bits per heavy atom. The molecule has 0 unspecified atom stereocenters. The zero-order valence-corrected chi connectivity index (χ0v) is 11.8. The lowest BCUT2D eigenvalue weighted by molar-refractivity contribution is -0.141. The second-order valence-corrected chi connectivity index (χ2v) is 4.55. The molecule has 24 heavy (non-hydrogen) atoms. The molecule has 0 aliphatic heterocycles. The molecule has 0 atom stereocenters. The van der Waals surface area contributed by atoms with E-state index < -0.39 is 24.4 Å². The van der Waals surface area contributed by atoms with Gasteiger partial charge in [0.25, 0.3) is 0 Å². The highest BCUT2D eigenvalue weighted by atomic mass is 19.4. The maximum Gasteiger partial charge on any atom is 0.435 e. The van der Waals surface area contributed by atoms with Crippen molar-refractivity contribution in [2.75, 3.05) is 5.32 Å². The van der Waals surface area contributed by atoms with E-state index in [9.17, 15) is 26.7 Å². The maximum atomic E-state index is 12.3. The molecule has 0 saturated heterocycles. The van der Waals surface area contributed by atoms with E-state index in [0.717, 1.165) is 6.07 Å². The largest absolute Gasteiger partial charge is 0.435 e. The van der Waals surface area contributed by atoms with Crippen LogP contribution in [0, 0.1) is 0 Å². The molecule has 0 fully saturated rings. The van der Waals surface area contributed by atoms with E-state index in [0.29, 0.717) is 11.6 Å². The molecule has 2 aromatic rings. The smallest absolute Gasteiger partial charge is 0.435 e. The molecule has 0 bridgehead atoms. The van der Waals surface area contributed by atoms with E-state index in [4.69, 9.17) is 0 Å². The molecule has 10 heteroatoms. The van der Waals surface area contributed by atoms with Crippen LogP contribution in [-0.4, -0.2) is 22.7 Å². The van der Waals surface area contributed by atoms with E-state index in [-0.39, 0.29) is 18.0 Å². The van der Waals surface area contributed by atoms with Crippen molar-refractivity contribution in [2.45, 2.75) is 19.2 Å². The molecule has 1 heterocycles. The lowest BCUT2D eigenvalue weighted by Gasteiger charge is -2.07. The molecule has 5 nitrogen and oxygen atoms in total. The highest BCUT2D eigenvalue weighted by Crippen LogP contribution is 2.27. The van der Waals surface area contributed by atoms with Gasteiger partial charge in [0.1, 0.15) is 5.75 Å². The number of carbonyl (C=O) groups is 1. The van der Waals surface area contributed by atoms with Crippen molar-refractivity contribution in [3.63, 3.8) is 0 Å². The Balaban J connectivity index is 1.93. The van der Waals surface area contributed by atoms with Gasteiger partial charge in [-0.25, -0.2) is 0 Å². The summed E-state index contributed by atoms with van der Waals surface area (Å²) in [6, 6.07) is 7.04. The van der Waals surface area contributed by atoms with Crippen LogP contribution in [0.1, 0.15) is 11.3 Å². The fourth-order valence-corrected chi connectivity index (χ4v) is 1.71. The van der Waals surface area contributed by atoms with Crippen LogP contribution < -0.4 is 10.1 Å². The van der Waals surface area contributed by atoms with Gasteiger partial charge < -0.3 is 10.1 Å². The number of nitrogens with zero attached hydrogens (tertiary/aromatic N) is 2. The Morgan fingerprint density at radius 2 is 1.75 bits per heavy atom. The van der Waals surface area contributed by atoms with Crippen LogP contribution >= 0.6 is 0 Å². The van der Waals surface area contributed by atoms with Crippen LogP contribution in [0.2, 0.25) is 0 Å². The number of carbonyl (C=O) groups excluding carboxylic acids is 1. The molecule has 2 rings (SSSR count). The minimum absolute atomic E-state index is 0.0530. The highest BCUT2D eigenvalue weighted by molar-refractivity contribution is 5.91. The number of aromatic nitrogens is 2. The summed E-state index contributed by atoms with van der Waals surface area (Å²) in [5, 5.41) is 8.52. The highest BCUT2D eigenvalue weighted by Gasteiger charge is 2.32. The van der Waals surface area contributed by atoms with Crippen molar-refractivity contribution in [2.24, 2.45) is 0 Å². The molecule has 0 saturated carbocycles. The van der Waals surface area contributed by atoms with Gasteiger partial charge in [-0.3, -0.25) is 4.79 Å². The summed E-state index contributed by atoms with van der Waals surface area (Å²) in [4.78, 5) is 11.8. The van der Waals surface area contributed by atoms with Crippen molar-refractivity contribution in [1.82, 2.24) is 10.2 Å². The van der Waals surface area contributed by atoms with Gasteiger partial charge in [-0.05, 0) is 29.8 Å². The van der Waals surface area contributed by atoms with Crippen molar-refractivity contribution in [3.05, 3.63) is 47.7 Å². The zero-order chi connectivity index (χ0) is 17.7. The van der Waals surface area contributed by atoms with Gasteiger partial charge in [-0.2, -0.15) is 22.0 Å². The van der Waals surface area contributed by atoms with Gasteiger partial charge >= 0.3 is 12.8 Å². The number of benzene rings is 1. The fraction of sp³-hybridized carbons (Fsp3) is 0.214. The van der Waals surface area contributed by atoms with Crippen molar-refractivity contribution in [3.8, 4) is 5.75 Å². The second kappa shape index (κ2) is 7.20. The standard InChI is InChI=1S/C14H10F5N3O2/c15-13(16)24-9-3-1-8(2-4-9)7-12(23)20-11-6-5-10(21-22-11)14(17,18)19/h1-6,13H,7H2,(H,20,22,23). The Morgan fingerprint density at radius 1 is 1.08 bits per heavy atom. The van der Waals surface area contributed by atoms with E-state index in [1.807, 2.05) is 0 Å². The monoisotopic (exact) mass is 347 g/mol. The number of alkyl halides is 5. The van der Waals surface area contributed by atoms with Gasteiger partial charge in [0.15, 0.2) is 11.5 Å². The van der Waals surface area contributed by atoms with E-state index in [1.165, 1.54) is 24.3 Å². The lowest BCUT2D eigenvalue weighted by Crippen LogP contribution is -2.17. The van der Waals surface area contributed by atoms with Gasteiger partial charge in [-0.1, -0.05) is 12.1 Å². The molecule has 1 amide bonds. The van der Waals surface area contributed by atoms with Crippen LogP contribution in [0.5, 0.6) is 5.75 Å². The third kappa shape index (κ3) is 5.14. The second-order valence-electron chi connectivity index (χ2n) is 4.55. The van der Waals surface area contributed by atoms with Crippen molar-refractivity contribution in [1.29, 1.82) is 0 Å². The molecule has 0 spiro atoms. The lowest BCUT2D eigenvalue weighted by atomic mass is 10.1. The predicted molar refractivity (Wildman–Crippen MR) is 72.4 cm³/mol. The minimum atomic E-state index is -4.61. The normalized spacial score (nSPS) is 11.4. The summed E-state index contributed by atoms with van der Waals surface area (Å²) in [7, 11) is 0. The Bertz CT molecular complexity index is 687. The van der Waals surface area contributed by atoms with E-state index >= 15 is 0 Å². The number of hydrogen-bond acceptors (Lipinski definition) is 4. The Labute approximate surface area is 132 Å². The molecular weight excluding hydrogens is 337 g/mol. The molecule has 1 aromatic carbocycles. The molecule has 0 aliphatic carbocycles. The first kappa shape index (κ1) is 17.6. The van der Waals surface area contributed by atoms with Crippen LogP contribution in [-0.2, 0) is 17.4 Å². The molecule has 1 aromatic heterocycles. The number of hydrogen-bond donors (Lipinski definition) is 1. The summed E-state index contributed by atoms with van der Waals surface area (Å²) in [5.74, 6) is -0.736. The van der Waals surface area contributed by atoms with Crippen LogP contribution in [0.4, 0.5) is 27.8 Å². The average molecular weight is 347 g/mol. The van der Waals surface area contributed by atoms with Crippen molar-refractivity contribution < 1.29 is 31.5 Å². The predicted octanol–water partition coefficient (Wildman–Crippen LogP) is 3.28. The minimum Gasteiger partial charge on any atom is -0.435 e. The Kier molecular flexibility index (Phi) is 5.27. The van der Waals surface area contributed by atoms with Crippen molar-refractivity contribution >= 4 is 11.7 Å². The molecule has 0 aliphatic rings. The summed E-state index contributed by atoms with van der Waals surface area (Å²) in [6.45, 7) is -2.95. The average Bonchev–Trinajstić information content (AvgIpc) is 2.48. The van der Waals surface area contributed by atoms with E-state index in [1.54, 1.807) is 0 Å². The number of rotatable bonds is 5. The summed E-state index contributed by atoms with van der Waals surface area (Å²) < 4.78 is 65.2. The number of nitrogens with one attached hydrogen (secondary N) is 1. The van der Waals surface area contributed by atoms with Crippen LogP contribution in [0.3, 0.4) is 0 Å². The maximum absolute atomic E-state index is 12.3. The first-order chi connectivity index (χ1) is 11.2. The van der Waals surface area contributed by atoms with Gasteiger partial charge in [0, 0.05) is 0 Å². The SMILES string of the molecule is O=C(Cc1ccc(OC(F)F)cc1)Nc1ccc(C(F)(F)F)nn1. The number of ether oxygens (including phenoxy) is 1. The topological polar surface area (TPSA) is 64.1 Å². The molecule has 0 radical (unpaired) electrons. The van der Waals surface area contributed by atoms with Crippen LogP contribution in [0.25, 0.3) is 0 Å². The Hall–Kier alpha value is -2.78. The van der Waals surface area contributed by atoms with E-state index in [2.05, 4.69) is 20.3 Å². The number of halogens is 5. The summed E-state index contributed by atoms with van der Waals surface area (Å²) in [6.07, 6.45) is -4.74. The molecule has 128 valence electrons. The number of amides is 1. The quantitative estimate of drug-likeness (QED) is 0.843. The first-order valence-electron chi connectivity index (χ1n) is 6.48. The third-order valence-corrected chi connectivity index (χ3v) is 2.74. The van der Waals surface area contributed by atoms with Gasteiger partial charge in [-0.15, -0.1) is 10.2 Å². The van der Waals surface area contributed by atoms with Crippen LogP contribution in [0.15, 0.2) is 36.4 Å². The third-order valence-electron chi connectivity index (χ3n) is 2.74. The molecule has 1 N–H and O–H groups in total. The van der Waals surface area contributed by atoms with Gasteiger partial charge in [0.2, 0.25) is 5.91 Å². The fourth-order valence-electron chi connectivity index (χ4n) is 1.71.